The van der Waals surface area contributed by atoms with E-state index in [9.17, 15) is 8.42 Å². The molecule has 0 radical (unpaired) electrons. The zero-order valence-electron chi connectivity index (χ0n) is 11.6. The third kappa shape index (κ3) is 2.80. The average Bonchev–Trinajstić information content (AvgIpc) is 2.95. The minimum atomic E-state index is -3.58. The van der Waals surface area contributed by atoms with Crippen LogP contribution in [0.15, 0.2) is 47.4 Å². The summed E-state index contributed by atoms with van der Waals surface area (Å²) in [5.74, 6) is 0.771. The number of fused-ring (bicyclic) bond motifs is 1. The SMILES string of the molecule is CNc1ccc(NS(=O)(=O)c2ccc3c(c2)CCO3)cc1. The zero-order valence-corrected chi connectivity index (χ0v) is 12.4. The number of sulfonamides is 1. The minimum absolute atomic E-state index is 0.254. The molecule has 0 aromatic heterocycles. The van der Waals surface area contributed by atoms with E-state index in [1.54, 1.807) is 30.3 Å². The van der Waals surface area contributed by atoms with Crippen molar-refractivity contribution in [2.45, 2.75) is 11.3 Å². The Morgan fingerprint density at radius 1 is 1.05 bits per heavy atom. The number of hydrogen-bond donors (Lipinski definition) is 2. The van der Waals surface area contributed by atoms with Gasteiger partial charge in [-0.2, -0.15) is 0 Å². The maximum absolute atomic E-state index is 12.4. The van der Waals surface area contributed by atoms with Crippen LogP contribution in [0.1, 0.15) is 5.56 Å². The summed E-state index contributed by atoms with van der Waals surface area (Å²) in [4.78, 5) is 0.254. The van der Waals surface area contributed by atoms with Crippen LogP contribution in [-0.2, 0) is 16.4 Å². The van der Waals surface area contributed by atoms with Crippen LogP contribution in [0.2, 0.25) is 0 Å². The van der Waals surface area contributed by atoms with Gasteiger partial charge in [0.25, 0.3) is 10.0 Å². The van der Waals surface area contributed by atoms with Crippen LogP contribution in [0.5, 0.6) is 5.75 Å². The summed E-state index contributed by atoms with van der Waals surface area (Å²) in [6.07, 6.45) is 0.746. The Morgan fingerprint density at radius 3 is 2.48 bits per heavy atom. The van der Waals surface area contributed by atoms with Crippen molar-refractivity contribution in [1.82, 2.24) is 0 Å². The van der Waals surface area contributed by atoms with E-state index in [1.165, 1.54) is 0 Å². The molecule has 0 spiro atoms. The molecular weight excluding hydrogens is 288 g/mol. The van der Waals surface area contributed by atoms with Crippen LogP contribution < -0.4 is 14.8 Å². The number of rotatable bonds is 4. The molecule has 2 N–H and O–H groups in total. The van der Waals surface area contributed by atoms with Gasteiger partial charge in [0.2, 0.25) is 0 Å². The highest BCUT2D eigenvalue weighted by molar-refractivity contribution is 7.92. The molecule has 3 rings (SSSR count). The van der Waals surface area contributed by atoms with Crippen LogP contribution in [0.25, 0.3) is 0 Å². The van der Waals surface area contributed by atoms with Gasteiger partial charge in [0.1, 0.15) is 5.75 Å². The van der Waals surface area contributed by atoms with Gasteiger partial charge in [0, 0.05) is 24.8 Å². The van der Waals surface area contributed by atoms with Crippen LogP contribution >= 0.6 is 0 Å². The van der Waals surface area contributed by atoms with Gasteiger partial charge in [0.05, 0.1) is 11.5 Å². The van der Waals surface area contributed by atoms with E-state index >= 15 is 0 Å². The molecule has 1 heterocycles. The lowest BCUT2D eigenvalue weighted by Gasteiger charge is -2.10. The maximum atomic E-state index is 12.4. The lowest BCUT2D eigenvalue weighted by molar-refractivity contribution is 0.356. The topological polar surface area (TPSA) is 67.4 Å². The second kappa shape index (κ2) is 5.29. The Labute approximate surface area is 124 Å². The molecule has 0 fully saturated rings. The summed E-state index contributed by atoms with van der Waals surface area (Å²) >= 11 is 0. The van der Waals surface area contributed by atoms with Crippen LogP contribution in [-0.4, -0.2) is 22.1 Å². The standard InChI is InChI=1S/C15H16N2O3S/c1-16-12-2-4-13(5-3-12)17-21(18,19)14-6-7-15-11(10-14)8-9-20-15/h2-7,10,16-17H,8-9H2,1H3. The molecule has 2 aromatic carbocycles. The molecule has 5 nitrogen and oxygen atoms in total. The number of benzene rings is 2. The van der Waals surface area contributed by atoms with Gasteiger partial charge < -0.3 is 10.1 Å². The third-order valence-corrected chi connectivity index (χ3v) is 4.78. The van der Waals surface area contributed by atoms with Crippen molar-refractivity contribution in [2.24, 2.45) is 0 Å². The molecule has 1 aliphatic heterocycles. The van der Waals surface area contributed by atoms with Gasteiger partial charge >= 0.3 is 0 Å². The summed E-state index contributed by atoms with van der Waals surface area (Å²) in [6, 6.07) is 12.0. The fourth-order valence-corrected chi connectivity index (χ4v) is 3.36. The number of hydrogen-bond acceptors (Lipinski definition) is 4. The van der Waals surface area contributed by atoms with E-state index in [4.69, 9.17) is 4.74 Å². The fourth-order valence-electron chi connectivity index (χ4n) is 2.25. The van der Waals surface area contributed by atoms with Crippen LogP contribution in [0.3, 0.4) is 0 Å². The number of anilines is 2. The van der Waals surface area contributed by atoms with Crippen LogP contribution in [0.4, 0.5) is 11.4 Å². The Balaban J connectivity index is 1.86. The number of ether oxygens (including phenoxy) is 1. The molecule has 0 atom stereocenters. The summed E-state index contributed by atoms with van der Waals surface area (Å²) in [6.45, 7) is 0.609. The number of nitrogens with one attached hydrogen (secondary N) is 2. The molecule has 6 heteroatoms. The lowest BCUT2D eigenvalue weighted by Crippen LogP contribution is -2.13. The van der Waals surface area contributed by atoms with Crippen molar-refractivity contribution in [3.8, 4) is 5.75 Å². The molecule has 1 aliphatic rings. The molecule has 0 bridgehead atoms. The van der Waals surface area contributed by atoms with Crippen molar-refractivity contribution >= 4 is 21.4 Å². The van der Waals surface area contributed by atoms with Crippen molar-refractivity contribution < 1.29 is 13.2 Å². The second-order valence-electron chi connectivity index (χ2n) is 4.80. The van der Waals surface area contributed by atoms with Gasteiger partial charge in [-0.1, -0.05) is 0 Å². The van der Waals surface area contributed by atoms with Gasteiger partial charge in [-0.05, 0) is 48.0 Å². The lowest BCUT2D eigenvalue weighted by atomic mass is 10.2. The highest BCUT2D eigenvalue weighted by Gasteiger charge is 2.19. The van der Waals surface area contributed by atoms with Crippen molar-refractivity contribution in [1.29, 1.82) is 0 Å². The van der Waals surface area contributed by atoms with E-state index < -0.39 is 10.0 Å². The molecule has 0 aliphatic carbocycles. The normalized spacial score (nSPS) is 13.4. The molecule has 21 heavy (non-hydrogen) atoms. The van der Waals surface area contributed by atoms with E-state index in [0.29, 0.717) is 12.3 Å². The predicted octanol–water partition coefficient (Wildman–Crippen LogP) is 2.46. The fraction of sp³-hybridized carbons (Fsp3) is 0.200. The van der Waals surface area contributed by atoms with Gasteiger partial charge in [-0.3, -0.25) is 4.72 Å². The molecule has 2 aromatic rings. The zero-order chi connectivity index (χ0) is 14.9. The van der Waals surface area contributed by atoms with Crippen molar-refractivity contribution in [2.75, 3.05) is 23.7 Å². The van der Waals surface area contributed by atoms with E-state index in [-0.39, 0.29) is 4.90 Å². The Kier molecular flexibility index (Phi) is 3.47. The first-order chi connectivity index (χ1) is 10.1. The van der Waals surface area contributed by atoms with Gasteiger partial charge in [-0.25, -0.2) is 8.42 Å². The van der Waals surface area contributed by atoms with E-state index in [0.717, 1.165) is 23.4 Å². The predicted molar refractivity (Wildman–Crippen MR) is 82.4 cm³/mol. The first-order valence-electron chi connectivity index (χ1n) is 6.65. The highest BCUT2D eigenvalue weighted by Crippen LogP contribution is 2.28. The Bertz CT molecular complexity index is 755. The average molecular weight is 304 g/mol. The first kappa shape index (κ1) is 13.8. The Morgan fingerprint density at radius 2 is 1.76 bits per heavy atom. The first-order valence-corrected chi connectivity index (χ1v) is 8.13. The quantitative estimate of drug-likeness (QED) is 0.910. The van der Waals surface area contributed by atoms with Crippen LogP contribution in [0, 0.1) is 0 Å². The highest BCUT2D eigenvalue weighted by atomic mass is 32.2. The minimum Gasteiger partial charge on any atom is -0.493 e. The third-order valence-electron chi connectivity index (χ3n) is 3.40. The summed E-state index contributed by atoms with van der Waals surface area (Å²) in [5.41, 5.74) is 2.39. The summed E-state index contributed by atoms with van der Waals surface area (Å²) < 4.78 is 32.7. The molecule has 110 valence electrons. The van der Waals surface area contributed by atoms with E-state index in [2.05, 4.69) is 10.0 Å². The van der Waals surface area contributed by atoms with E-state index in [1.807, 2.05) is 19.2 Å². The molecule has 0 amide bonds. The van der Waals surface area contributed by atoms with Gasteiger partial charge in [-0.15, -0.1) is 0 Å². The smallest absolute Gasteiger partial charge is 0.261 e. The monoisotopic (exact) mass is 304 g/mol. The molecule has 0 unspecified atom stereocenters. The molecule has 0 saturated carbocycles. The largest absolute Gasteiger partial charge is 0.493 e. The summed E-state index contributed by atoms with van der Waals surface area (Å²) in [5, 5.41) is 2.99. The molecular formula is C15H16N2O3S. The van der Waals surface area contributed by atoms with Crippen molar-refractivity contribution in [3.63, 3.8) is 0 Å². The Hall–Kier alpha value is -2.21. The van der Waals surface area contributed by atoms with Crippen molar-refractivity contribution in [3.05, 3.63) is 48.0 Å². The summed E-state index contributed by atoms with van der Waals surface area (Å²) in [7, 11) is -1.77. The second-order valence-corrected chi connectivity index (χ2v) is 6.48. The molecule has 0 saturated heterocycles. The maximum Gasteiger partial charge on any atom is 0.261 e. The van der Waals surface area contributed by atoms with Gasteiger partial charge in [0.15, 0.2) is 0 Å².